The van der Waals surface area contributed by atoms with E-state index in [9.17, 15) is 0 Å². The second-order valence-corrected chi connectivity index (χ2v) is 3.51. The van der Waals surface area contributed by atoms with Crippen LogP contribution in [0.2, 0.25) is 0 Å². The number of pyridine rings is 1. The first-order valence-corrected chi connectivity index (χ1v) is 4.76. The van der Waals surface area contributed by atoms with Crippen molar-refractivity contribution in [1.29, 1.82) is 0 Å². The largest absolute Gasteiger partial charge is 0.256 e. The first kappa shape index (κ1) is 7.50. The van der Waals surface area contributed by atoms with E-state index in [0.29, 0.717) is 0 Å². The minimum atomic E-state index is 1.07. The summed E-state index contributed by atoms with van der Waals surface area (Å²) in [5.74, 6) is 0. The third kappa shape index (κ3) is 1.38. The van der Waals surface area contributed by atoms with Crippen LogP contribution in [-0.2, 0) is 0 Å². The van der Waals surface area contributed by atoms with E-state index in [1.165, 1.54) is 11.1 Å². The van der Waals surface area contributed by atoms with Crippen LogP contribution in [0.25, 0.3) is 11.3 Å². The Kier molecular flexibility index (Phi) is 1.92. The van der Waals surface area contributed by atoms with Crippen molar-refractivity contribution in [2.75, 3.05) is 0 Å². The van der Waals surface area contributed by atoms with Gasteiger partial charge in [0.25, 0.3) is 0 Å². The first-order chi connectivity index (χ1) is 5.86. The smallest absolute Gasteiger partial charge is 0.0712 e. The van der Waals surface area contributed by atoms with E-state index in [1.807, 2.05) is 12.3 Å². The highest BCUT2D eigenvalue weighted by Gasteiger charge is 1.97. The van der Waals surface area contributed by atoms with Gasteiger partial charge >= 0.3 is 0 Å². The summed E-state index contributed by atoms with van der Waals surface area (Å²) in [5, 5.41) is 4.18. The van der Waals surface area contributed by atoms with Crippen molar-refractivity contribution < 1.29 is 0 Å². The van der Waals surface area contributed by atoms with E-state index in [1.54, 1.807) is 11.3 Å². The van der Waals surface area contributed by atoms with Crippen LogP contribution in [0, 0.1) is 6.92 Å². The lowest BCUT2D eigenvalue weighted by molar-refractivity contribution is 1.29. The summed E-state index contributed by atoms with van der Waals surface area (Å²) >= 11 is 1.70. The maximum absolute atomic E-state index is 4.29. The van der Waals surface area contributed by atoms with Crippen molar-refractivity contribution in [3.63, 3.8) is 0 Å². The molecule has 0 unspecified atom stereocenters. The third-order valence-corrected chi connectivity index (χ3v) is 2.42. The third-order valence-electron chi connectivity index (χ3n) is 1.73. The van der Waals surface area contributed by atoms with Crippen LogP contribution in [0.15, 0.2) is 35.2 Å². The van der Waals surface area contributed by atoms with Gasteiger partial charge in [-0.05, 0) is 36.1 Å². The number of hydrogen-bond acceptors (Lipinski definition) is 2. The van der Waals surface area contributed by atoms with E-state index in [0.717, 1.165) is 5.69 Å². The van der Waals surface area contributed by atoms with Gasteiger partial charge in [0.05, 0.1) is 5.69 Å². The average molecular weight is 175 g/mol. The van der Waals surface area contributed by atoms with Crippen molar-refractivity contribution in [3.05, 3.63) is 40.7 Å². The van der Waals surface area contributed by atoms with E-state index < -0.39 is 0 Å². The summed E-state index contributed by atoms with van der Waals surface area (Å²) < 4.78 is 0. The molecule has 0 spiro atoms. The molecule has 0 N–H and O–H groups in total. The molecule has 0 saturated carbocycles. The number of aromatic nitrogens is 1. The second-order valence-electron chi connectivity index (χ2n) is 2.73. The fourth-order valence-electron chi connectivity index (χ4n) is 1.10. The van der Waals surface area contributed by atoms with Gasteiger partial charge in [0.15, 0.2) is 0 Å². The molecule has 0 aliphatic heterocycles. The van der Waals surface area contributed by atoms with E-state index in [-0.39, 0.29) is 0 Å². The summed E-state index contributed by atoms with van der Waals surface area (Å²) in [6.07, 6.45) is 1.85. The van der Waals surface area contributed by atoms with Crippen LogP contribution < -0.4 is 0 Å². The average Bonchev–Trinajstić information content (AvgIpc) is 2.56. The molecule has 2 rings (SSSR count). The minimum absolute atomic E-state index is 1.07. The van der Waals surface area contributed by atoms with Crippen molar-refractivity contribution in [3.8, 4) is 11.3 Å². The predicted molar refractivity (Wildman–Crippen MR) is 52.3 cm³/mol. The summed E-state index contributed by atoms with van der Waals surface area (Å²) in [4.78, 5) is 4.29. The Bertz CT molecular complexity index is 365. The number of aryl methyl sites for hydroxylation is 1. The Morgan fingerprint density at radius 3 is 2.92 bits per heavy atom. The molecule has 2 aromatic rings. The van der Waals surface area contributed by atoms with Crippen LogP contribution in [0.1, 0.15) is 5.56 Å². The van der Waals surface area contributed by atoms with Crippen LogP contribution in [0.3, 0.4) is 0 Å². The zero-order chi connectivity index (χ0) is 8.39. The van der Waals surface area contributed by atoms with Gasteiger partial charge in [0.1, 0.15) is 0 Å². The van der Waals surface area contributed by atoms with Gasteiger partial charge < -0.3 is 0 Å². The molecule has 0 fully saturated rings. The second kappa shape index (κ2) is 3.07. The molecule has 0 saturated heterocycles. The van der Waals surface area contributed by atoms with Crippen molar-refractivity contribution in [1.82, 2.24) is 4.98 Å². The topological polar surface area (TPSA) is 12.9 Å². The molecule has 2 aromatic heterocycles. The lowest BCUT2D eigenvalue weighted by Gasteiger charge is -1.96. The fraction of sp³-hybridized carbons (Fsp3) is 0.100. The first-order valence-electron chi connectivity index (χ1n) is 3.81. The van der Waals surface area contributed by atoms with Gasteiger partial charge in [0, 0.05) is 17.1 Å². The Morgan fingerprint density at radius 1 is 1.33 bits per heavy atom. The maximum Gasteiger partial charge on any atom is 0.0712 e. The zero-order valence-corrected chi connectivity index (χ0v) is 7.64. The van der Waals surface area contributed by atoms with Crippen LogP contribution in [0.5, 0.6) is 0 Å². The standard InChI is InChI=1S/C10H9NS/c1-8-2-4-11-10(6-8)9-3-5-12-7-9/h2-7H,1H3. The summed E-state index contributed by atoms with van der Waals surface area (Å²) in [5.41, 5.74) is 3.53. The summed E-state index contributed by atoms with van der Waals surface area (Å²) in [7, 11) is 0. The van der Waals surface area contributed by atoms with Crippen molar-refractivity contribution in [2.45, 2.75) is 6.92 Å². The van der Waals surface area contributed by atoms with Crippen LogP contribution in [-0.4, -0.2) is 4.98 Å². The number of rotatable bonds is 1. The molecule has 2 heteroatoms. The van der Waals surface area contributed by atoms with E-state index >= 15 is 0 Å². The highest BCUT2D eigenvalue weighted by Crippen LogP contribution is 2.19. The number of nitrogens with zero attached hydrogens (tertiary/aromatic N) is 1. The molecule has 1 nitrogen and oxygen atoms in total. The molecule has 0 aromatic carbocycles. The monoisotopic (exact) mass is 175 g/mol. The molecule has 0 bridgehead atoms. The number of hydrogen-bond donors (Lipinski definition) is 0. The SMILES string of the molecule is Cc1ccnc(-c2ccsc2)c1. The quantitative estimate of drug-likeness (QED) is 0.649. The van der Waals surface area contributed by atoms with Crippen LogP contribution >= 0.6 is 11.3 Å². The van der Waals surface area contributed by atoms with Gasteiger partial charge in [-0.1, -0.05) is 0 Å². The lowest BCUT2D eigenvalue weighted by Crippen LogP contribution is -1.80. The molecule has 2 heterocycles. The Morgan fingerprint density at radius 2 is 2.25 bits per heavy atom. The van der Waals surface area contributed by atoms with Gasteiger partial charge in [-0.2, -0.15) is 11.3 Å². The fourth-order valence-corrected chi connectivity index (χ4v) is 1.75. The molecule has 0 atom stereocenters. The summed E-state index contributed by atoms with van der Waals surface area (Å²) in [6.45, 7) is 2.08. The van der Waals surface area contributed by atoms with Gasteiger partial charge in [-0.3, -0.25) is 4.98 Å². The molecule has 60 valence electrons. The lowest BCUT2D eigenvalue weighted by atomic mass is 10.2. The van der Waals surface area contributed by atoms with Gasteiger partial charge in [0.2, 0.25) is 0 Å². The molecule has 12 heavy (non-hydrogen) atoms. The predicted octanol–water partition coefficient (Wildman–Crippen LogP) is 3.12. The minimum Gasteiger partial charge on any atom is -0.256 e. The van der Waals surface area contributed by atoms with E-state index in [4.69, 9.17) is 0 Å². The highest BCUT2D eigenvalue weighted by molar-refractivity contribution is 7.08. The van der Waals surface area contributed by atoms with Gasteiger partial charge in [-0.15, -0.1) is 0 Å². The zero-order valence-electron chi connectivity index (χ0n) is 6.82. The Hall–Kier alpha value is -1.15. The van der Waals surface area contributed by atoms with Crippen molar-refractivity contribution >= 4 is 11.3 Å². The highest BCUT2D eigenvalue weighted by atomic mass is 32.1. The van der Waals surface area contributed by atoms with Crippen LogP contribution in [0.4, 0.5) is 0 Å². The maximum atomic E-state index is 4.29. The molecule has 0 radical (unpaired) electrons. The Labute approximate surface area is 75.7 Å². The van der Waals surface area contributed by atoms with E-state index in [2.05, 4.69) is 34.8 Å². The number of thiophene rings is 1. The molecule has 0 aliphatic rings. The Balaban J connectivity index is 2.48. The van der Waals surface area contributed by atoms with Gasteiger partial charge in [-0.25, -0.2) is 0 Å². The molecule has 0 amide bonds. The van der Waals surface area contributed by atoms with Crippen molar-refractivity contribution in [2.24, 2.45) is 0 Å². The molecular formula is C10H9NS. The molecule has 0 aliphatic carbocycles. The molecular weight excluding hydrogens is 166 g/mol. The summed E-state index contributed by atoms with van der Waals surface area (Å²) in [6, 6.07) is 6.20. The normalized spacial score (nSPS) is 10.1.